The molecule has 10 heavy (non-hydrogen) atoms. The first-order valence-electron chi connectivity index (χ1n) is 4.14. The van der Waals surface area contributed by atoms with Gasteiger partial charge in [-0.3, -0.25) is 0 Å². The van der Waals surface area contributed by atoms with E-state index in [9.17, 15) is 0 Å². The van der Waals surface area contributed by atoms with Crippen LogP contribution in [0, 0.1) is 5.92 Å². The summed E-state index contributed by atoms with van der Waals surface area (Å²) in [6.07, 6.45) is 5.63. The maximum absolute atomic E-state index is 3.37. The van der Waals surface area contributed by atoms with Crippen LogP contribution < -0.4 is 5.32 Å². The number of hydrogen-bond donors (Lipinski definition) is 1. The summed E-state index contributed by atoms with van der Waals surface area (Å²) in [4.78, 5) is 0. The van der Waals surface area contributed by atoms with E-state index in [0.717, 1.165) is 5.92 Å². The van der Waals surface area contributed by atoms with Crippen LogP contribution in [0.15, 0.2) is 0 Å². The minimum absolute atomic E-state index is 0. The number of piperidine rings is 1. The minimum atomic E-state index is 0. The van der Waals surface area contributed by atoms with Crippen LogP contribution in [0.2, 0.25) is 0 Å². The van der Waals surface area contributed by atoms with E-state index in [4.69, 9.17) is 0 Å². The van der Waals surface area contributed by atoms with Gasteiger partial charge in [-0.2, -0.15) is 0 Å². The molecule has 1 aliphatic rings. The molecule has 0 amide bonds. The number of rotatable bonds is 2. The van der Waals surface area contributed by atoms with E-state index < -0.39 is 0 Å². The summed E-state index contributed by atoms with van der Waals surface area (Å²) in [5, 5.41) is 3.37. The topological polar surface area (TPSA) is 12.0 Å². The van der Waals surface area contributed by atoms with Gasteiger partial charge in [-0.15, -0.1) is 12.4 Å². The van der Waals surface area contributed by atoms with Crippen LogP contribution in [0.25, 0.3) is 0 Å². The maximum Gasteiger partial charge on any atom is -0.00463 e. The van der Waals surface area contributed by atoms with Crippen molar-refractivity contribution in [1.29, 1.82) is 0 Å². The molecule has 0 spiro atoms. The number of halogens is 1. The lowest BCUT2D eigenvalue weighted by Gasteiger charge is -2.21. The lowest BCUT2D eigenvalue weighted by Crippen LogP contribution is -2.27. The van der Waals surface area contributed by atoms with Crippen LogP contribution in [-0.4, -0.2) is 13.1 Å². The molecule has 0 aromatic heterocycles. The van der Waals surface area contributed by atoms with Crippen molar-refractivity contribution in [3.05, 3.63) is 0 Å². The predicted octanol–water partition coefficient (Wildman–Crippen LogP) is 2.21. The fourth-order valence-corrected chi connectivity index (χ4v) is 1.58. The Labute approximate surface area is 70.0 Å². The third-order valence-electron chi connectivity index (χ3n) is 2.16. The molecule has 0 unspecified atom stereocenters. The van der Waals surface area contributed by atoms with Gasteiger partial charge in [-0.05, 0) is 31.8 Å². The van der Waals surface area contributed by atoms with Crippen molar-refractivity contribution in [3.8, 4) is 0 Å². The first kappa shape index (κ1) is 10.2. The first-order chi connectivity index (χ1) is 4.43. The molecule has 62 valence electrons. The molecule has 1 heterocycles. The molecule has 1 N–H and O–H groups in total. The Hall–Kier alpha value is 0.250. The highest BCUT2D eigenvalue weighted by Crippen LogP contribution is 2.16. The molecule has 0 aromatic carbocycles. The molecule has 0 aliphatic carbocycles. The standard InChI is InChI=1S/C8H17N.ClH/c1-2-3-8-4-6-9-7-5-8;/h8-9H,2-7H2,1H3;1H. The van der Waals surface area contributed by atoms with Gasteiger partial charge in [0, 0.05) is 0 Å². The second kappa shape index (κ2) is 5.99. The van der Waals surface area contributed by atoms with Crippen molar-refractivity contribution >= 4 is 12.4 Å². The summed E-state index contributed by atoms with van der Waals surface area (Å²) in [6, 6.07) is 0. The minimum Gasteiger partial charge on any atom is -0.317 e. The van der Waals surface area contributed by atoms with Crippen LogP contribution >= 0.6 is 12.4 Å². The van der Waals surface area contributed by atoms with Gasteiger partial charge in [0.2, 0.25) is 0 Å². The fourth-order valence-electron chi connectivity index (χ4n) is 1.58. The highest BCUT2D eigenvalue weighted by Gasteiger charge is 2.10. The quantitative estimate of drug-likeness (QED) is 0.659. The van der Waals surface area contributed by atoms with Gasteiger partial charge in [0.25, 0.3) is 0 Å². The van der Waals surface area contributed by atoms with E-state index in [0.29, 0.717) is 0 Å². The van der Waals surface area contributed by atoms with E-state index in [-0.39, 0.29) is 12.4 Å². The van der Waals surface area contributed by atoms with Gasteiger partial charge >= 0.3 is 0 Å². The Kier molecular flexibility index (Phi) is 6.14. The van der Waals surface area contributed by atoms with Crippen molar-refractivity contribution in [2.24, 2.45) is 5.92 Å². The molecule has 1 aliphatic heterocycles. The van der Waals surface area contributed by atoms with Crippen molar-refractivity contribution in [3.63, 3.8) is 0 Å². The lowest BCUT2D eigenvalue weighted by molar-refractivity contribution is 0.351. The third kappa shape index (κ3) is 3.43. The molecule has 0 radical (unpaired) electrons. The van der Waals surface area contributed by atoms with E-state index >= 15 is 0 Å². The SMILES string of the molecule is CCCC1CCNCC1.Cl. The summed E-state index contributed by atoms with van der Waals surface area (Å²) < 4.78 is 0. The average molecular weight is 164 g/mol. The fraction of sp³-hybridized carbons (Fsp3) is 1.00. The van der Waals surface area contributed by atoms with Gasteiger partial charge in [0.05, 0.1) is 0 Å². The van der Waals surface area contributed by atoms with Crippen molar-refractivity contribution in [2.75, 3.05) is 13.1 Å². The second-order valence-corrected chi connectivity index (χ2v) is 2.98. The summed E-state index contributed by atoms with van der Waals surface area (Å²) in [6.45, 7) is 4.79. The zero-order valence-electron chi connectivity index (χ0n) is 6.73. The predicted molar refractivity (Wildman–Crippen MR) is 47.7 cm³/mol. The van der Waals surface area contributed by atoms with Gasteiger partial charge < -0.3 is 5.32 Å². The van der Waals surface area contributed by atoms with E-state index in [1.807, 2.05) is 0 Å². The molecule has 0 bridgehead atoms. The Morgan fingerprint density at radius 2 is 1.90 bits per heavy atom. The summed E-state index contributed by atoms with van der Waals surface area (Å²) >= 11 is 0. The summed E-state index contributed by atoms with van der Waals surface area (Å²) in [5.74, 6) is 1.04. The van der Waals surface area contributed by atoms with Gasteiger partial charge in [-0.25, -0.2) is 0 Å². The zero-order valence-corrected chi connectivity index (χ0v) is 7.54. The Balaban J connectivity index is 0.000000810. The van der Waals surface area contributed by atoms with Crippen LogP contribution in [0.1, 0.15) is 32.6 Å². The first-order valence-corrected chi connectivity index (χ1v) is 4.14. The summed E-state index contributed by atoms with van der Waals surface area (Å²) in [5.41, 5.74) is 0. The molecule has 0 atom stereocenters. The van der Waals surface area contributed by atoms with E-state index in [1.165, 1.54) is 38.8 Å². The largest absolute Gasteiger partial charge is 0.317 e. The molecule has 0 saturated carbocycles. The Morgan fingerprint density at radius 1 is 1.30 bits per heavy atom. The maximum atomic E-state index is 3.37. The molecular weight excluding hydrogens is 146 g/mol. The highest BCUT2D eigenvalue weighted by atomic mass is 35.5. The third-order valence-corrected chi connectivity index (χ3v) is 2.16. The van der Waals surface area contributed by atoms with Gasteiger partial charge in [0.1, 0.15) is 0 Å². The zero-order chi connectivity index (χ0) is 6.53. The Bertz CT molecular complexity index is 66.9. The Morgan fingerprint density at radius 3 is 2.40 bits per heavy atom. The van der Waals surface area contributed by atoms with Crippen LogP contribution in [0.4, 0.5) is 0 Å². The van der Waals surface area contributed by atoms with Crippen molar-refractivity contribution in [1.82, 2.24) is 5.32 Å². The number of hydrogen-bond acceptors (Lipinski definition) is 1. The molecule has 1 saturated heterocycles. The second-order valence-electron chi connectivity index (χ2n) is 2.98. The highest BCUT2D eigenvalue weighted by molar-refractivity contribution is 5.85. The molecule has 1 rings (SSSR count). The van der Waals surface area contributed by atoms with E-state index in [1.54, 1.807) is 0 Å². The smallest absolute Gasteiger partial charge is 0.00463 e. The molecular formula is C8H18ClN. The van der Waals surface area contributed by atoms with Crippen molar-refractivity contribution < 1.29 is 0 Å². The van der Waals surface area contributed by atoms with Crippen LogP contribution in [0.5, 0.6) is 0 Å². The van der Waals surface area contributed by atoms with Crippen molar-refractivity contribution in [2.45, 2.75) is 32.6 Å². The van der Waals surface area contributed by atoms with Crippen LogP contribution in [-0.2, 0) is 0 Å². The average Bonchev–Trinajstić information content (AvgIpc) is 1.91. The lowest BCUT2D eigenvalue weighted by atomic mass is 9.94. The number of nitrogens with one attached hydrogen (secondary N) is 1. The summed E-state index contributed by atoms with van der Waals surface area (Å²) in [7, 11) is 0. The molecule has 1 fully saturated rings. The molecule has 2 heteroatoms. The van der Waals surface area contributed by atoms with Gasteiger partial charge in [0.15, 0.2) is 0 Å². The molecule has 0 aromatic rings. The van der Waals surface area contributed by atoms with E-state index in [2.05, 4.69) is 12.2 Å². The molecule has 1 nitrogen and oxygen atoms in total. The normalized spacial score (nSPS) is 20.1. The van der Waals surface area contributed by atoms with Crippen LogP contribution in [0.3, 0.4) is 0 Å². The monoisotopic (exact) mass is 163 g/mol. The van der Waals surface area contributed by atoms with Gasteiger partial charge in [-0.1, -0.05) is 19.8 Å².